The van der Waals surface area contributed by atoms with Gasteiger partial charge in [0, 0.05) is 8.04 Å². The van der Waals surface area contributed by atoms with E-state index in [-0.39, 0.29) is 18.4 Å². The molecular weight excluding hydrogens is 415 g/mol. The highest BCUT2D eigenvalue weighted by molar-refractivity contribution is 14.1. The summed E-state index contributed by atoms with van der Waals surface area (Å²) in [5.41, 5.74) is 0.741. The van der Waals surface area contributed by atoms with E-state index < -0.39 is 5.97 Å². The maximum Gasteiger partial charge on any atom is 0.396 e. The molecule has 94 valence electrons. The van der Waals surface area contributed by atoms with Crippen LogP contribution in [0, 0.1) is 3.57 Å². The van der Waals surface area contributed by atoms with Crippen LogP contribution in [0.15, 0.2) is 27.1 Å². The van der Waals surface area contributed by atoms with E-state index in [0.29, 0.717) is 0 Å². The van der Waals surface area contributed by atoms with Gasteiger partial charge in [0.05, 0.1) is 12.2 Å². The predicted molar refractivity (Wildman–Crippen MR) is 76.1 cm³/mol. The van der Waals surface area contributed by atoms with Gasteiger partial charge in [0.25, 0.3) is 0 Å². The molecule has 1 heterocycles. The van der Waals surface area contributed by atoms with Gasteiger partial charge in [-0.2, -0.15) is 0 Å². The molecule has 0 N–H and O–H groups in total. The highest BCUT2D eigenvalue weighted by Crippen LogP contribution is 2.28. The van der Waals surface area contributed by atoms with Crippen molar-refractivity contribution in [2.45, 2.75) is 6.92 Å². The van der Waals surface area contributed by atoms with Gasteiger partial charge in [-0.3, -0.25) is 0 Å². The molecule has 18 heavy (non-hydrogen) atoms. The van der Waals surface area contributed by atoms with Crippen molar-refractivity contribution in [3.63, 3.8) is 0 Å². The standard InChI is InChI=1S/C11H8BrIN2O3/c1-2-17-11(16)10-15-14-9(18-10)7-5-6(13)3-4-8(7)12/h3-5H,2H2,1H3. The first-order valence-corrected chi connectivity index (χ1v) is 6.95. The first-order chi connectivity index (χ1) is 8.61. The van der Waals surface area contributed by atoms with Crippen LogP contribution in [-0.2, 0) is 4.74 Å². The second-order valence-corrected chi connectivity index (χ2v) is 5.36. The molecule has 0 spiro atoms. The maximum absolute atomic E-state index is 11.4. The maximum atomic E-state index is 11.4. The first-order valence-electron chi connectivity index (χ1n) is 5.08. The van der Waals surface area contributed by atoms with Crippen molar-refractivity contribution < 1.29 is 13.9 Å². The van der Waals surface area contributed by atoms with E-state index in [1.807, 2.05) is 18.2 Å². The molecule has 2 rings (SSSR count). The summed E-state index contributed by atoms with van der Waals surface area (Å²) in [6.45, 7) is 1.98. The molecule has 1 aromatic heterocycles. The van der Waals surface area contributed by atoms with E-state index in [0.717, 1.165) is 13.6 Å². The summed E-state index contributed by atoms with van der Waals surface area (Å²) in [4.78, 5) is 11.4. The number of hydrogen-bond donors (Lipinski definition) is 0. The van der Waals surface area contributed by atoms with Gasteiger partial charge in [-0.25, -0.2) is 4.79 Å². The summed E-state index contributed by atoms with van der Waals surface area (Å²) in [6, 6.07) is 5.70. The highest BCUT2D eigenvalue weighted by atomic mass is 127. The highest BCUT2D eigenvalue weighted by Gasteiger charge is 2.18. The molecule has 0 fully saturated rings. The van der Waals surface area contributed by atoms with Crippen molar-refractivity contribution in [2.75, 3.05) is 6.61 Å². The van der Waals surface area contributed by atoms with Gasteiger partial charge in [-0.15, -0.1) is 10.2 Å². The van der Waals surface area contributed by atoms with Gasteiger partial charge in [0.2, 0.25) is 5.89 Å². The van der Waals surface area contributed by atoms with Crippen LogP contribution in [0.3, 0.4) is 0 Å². The fourth-order valence-electron chi connectivity index (χ4n) is 1.27. The molecule has 0 aliphatic rings. The zero-order chi connectivity index (χ0) is 13.1. The average molecular weight is 423 g/mol. The van der Waals surface area contributed by atoms with Crippen LogP contribution in [0.25, 0.3) is 11.5 Å². The molecule has 0 amide bonds. The number of carbonyl (C=O) groups excluding carboxylic acids is 1. The van der Waals surface area contributed by atoms with Crippen LogP contribution in [0.5, 0.6) is 0 Å². The minimum absolute atomic E-state index is 0.141. The van der Waals surface area contributed by atoms with Crippen molar-refractivity contribution in [2.24, 2.45) is 0 Å². The van der Waals surface area contributed by atoms with Crippen LogP contribution < -0.4 is 0 Å². The Kier molecular flexibility index (Phi) is 4.33. The summed E-state index contributed by atoms with van der Waals surface area (Å²) in [6.07, 6.45) is 0. The Labute approximate surface area is 125 Å². The normalized spacial score (nSPS) is 10.4. The van der Waals surface area contributed by atoms with Crippen LogP contribution >= 0.6 is 38.5 Å². The van der Waals surface area contributed by atoms with Crippen molar-refractivity contribution in [1.29, 1.82) is 0 Å². The fraction of sp³-hybridized carbons (Fsp3) is 0.182. The Morgan fingerprint density at radius 3 is 3.00 bits per heavy atom. The Hall–Kier alpha value is -0.960. The number of carbonyl (C=O) groups is 1. The lowest BCUT2D eigenvalue weighted by molar-refractivity contribution is 0.0481. The van der Waals surface area contributed by atoms with Crippen molar-refractivity contribution in [3.05, 3.63) is 32.1 Å². The Balaban J connectivity index is 2.35. The molecule has 5 nitrogen and oxygen atoms in total. The first kappa shape index (κ1) is 13.5. The van der Waals surface area contributed by atoms with Crippen molar-refractivity contribution in [1.82, 2.24) is 10.2 Å². The van der Waals surface area contributed by atoms with Gasteiger partial charge in [-0.05, 0) is 63.6 Å². The number of benzene rings is 1. The molecule has 0 aliphatic heterocycles. The number of rotatable bonds is 3. The van der Waals surface area contributed by atoms with Crippen molar-refractivity contribution >= 4 is 44.5 Å². The summed E-state index contributed by atoms with van der Waals surface area (Å²) in [5.74, 6) is -0.473. The summed E-state index contributed by atoms with van der Waals surface area (Å²) in [5, 5.41) is 7.51. The quantitative estimate of drug-likeness (QED) is 0.561. The molecule has 0 radical (unpaired) electrons. The summed E-state index contributed by atoms with van der Waals surface area (Å²) >= 11 is 5.58. The van der Waals surface area contributed by atoms with E-state index >= 15 is 0 Å². The third kappa shape index (κ3) is 2.89. The number of ether oxygens (including phenoxy) is 1. The molecule has 1 aromatic carbocycles. The third-order valence-electron chi connectivity index (χ3n) is 2.03. The molecule has 2 aromatic rings. The largest absolute Gasteiger partial charge is 0.459 e. The minimum atomic E-state index is -0.613. The molecule has 0 saturated heterocycles. The van der Waals surface area contributed by atoms with Gasteiger partial charge >= 0.3 is 11.9 Å². The Morgan fingerprint density at radius 2 is 2.28 bits per heavy atom. The third-order valence-corrected chi connectivity index (χ3v) is 3.40. The Bertz CT molecular complexity index is 585. The van der Waals surface area contributed by atoms with Crippen LogP contribution in [0.4, 0.5) is 0 Å². The number of nitrogens with zero attached hydrogens (tertiary/aromatic N) is 2. The molecular formula is C11H8BrIN2O3. The van der Waals surface area contributed by atoms with Crippen LogP contribution in [0.2, 0.25) is 0 Å². The molecule has 0 unspecified atom stereocenters. The second-order valence-electron chi connectivity index (χ2n) is 3.26. The van der Waals surface area contributed by atoms with Gasteiger partial charge in [0.15, 0.2) is 0 Å². The van der Waals surface area contributed by atoms with E-state index in [9.17, 15) is 4.79 Å². The van der Waals surface area contributed by atoms with Gasteiger partial charge in [0.1, 0.15) is 0 Å². The predicted octanol–water partition coefficient (Wildman–Crippen LogP) is 3.28. The van der Waals surface area contributed by atoms with E-state index in [2.05, 4.69) is 48.7 Å². The van der Waals surface area contributed by atoms with Crippen LogP contribution in [-0.4, -0.2) is 22.8 Å². The lowest BCUT2D eigenvalue weighted by atomic mass is 10.2. The molecule has 0 atom stereocenters. The minimum Gasteiger partial charge on any atom is -0.459 e. The topological polar surface area (TPSA) is 65.2 Å². The lowest BCUT2D eigenvalue weighted by Crippen LogP contribution is -2.04. The Morgan fingerprint density at radius 1 is 1.50 bits per heavy atom. The van der Waals surface area contributed by atoms with E-state index in [1.54, 1.807) is 6.92 Å². The van der Waals surface area contributed by atoms with Gasteiger partial charge < -0.3 is 9.15 Å². The monoisotopic (exact) mass is 422 g/mol. The smallest absolute Gasteiger partial charge is 0.396 e. The molecule has 0 bridgehead atoms. The summed E-state index contributed by atoms with van der Waals surface area (Å²) < 4.78 is 11.9. The number of halogens is 2. The zero-order valence-corrected chi connectivity index (χ0v) is 13.1. The fourth-order valence-corrected chi connectivity index (χ4v) is 2.18. The van der Waals surface area contributed by atoms with E-state index in [1.165, 1.54) is 0 Å². The average Bonchev–Trinajstić information content (AvgIpc) is 2.82. The van der Waals surface area contributed by atoms with E-state index in [4.69, 9.17) is 9.15 Å². The molecule has 0 saturated carbocycles. The van der Waals surface area contributed by atoms with Gasteiger partial charge in [-0.1, -0.05) is 0 Å². The molecule has 7 heteroatoms. The number of aromatic nitrogens is 2. The summed E-state index contributed by atoms with van der Waals surface area (Å²) in [7, 11) is 0. The molecule has 0 aliphatic carbocycles. The van der Waals surface area contributed by atoms with Crippen molar-refractivity contribution in [3.8, 4) is 11.5 Å². The number of esters is 1. The lowest BCUT2D eigenvalue weighted by Gasteiger charge is -1.99. The van der Waals surface area contributed by atoms with Crippen LogP contribution in [0.1, 0.15) is 17.6 Å². The number of hydrogen-bond acceptors (Lipinski definition) is 5. The SMILES string of the molecule is CCOC(=O)c1nnc(-c2cc(I)ccc2Br)o1. The zero-order valence-electron chi connectivity index (χ0n) is 9.31. The second kappa shape index (κ2) is 5.79.